The third-order valence-corrected chi connectivity index (χ3v) is 5.59. The van der Waals surface area contributed by atoms with E-state index in [1.165, 1.54) is 0 Å². The van der Waals surface area contributed by atoms with Crippen molar-refractivity contribution in [1.29, 1.82) is 0 Å². The molecule has 0 aromatic heterocycles. The van der Waals surface area contributed by atoms with Crippen LogP contribution in [0.2, 0.25) is 10.0 Å². The van der Waals surface area contributed by atoms with E-state index in [2.05, 4.69) is 10.1 Å². The maximum atomic E-state index is 11.2. The molecular weight excluding hydrogens is 427 g/mol. The van der Waals surface area contributed by atoms with Crippen LogP contribution in [0, 0.1) is 5.92 Å². The van der Waals surface area contributed by atoms with Crippen LogP contribution in [0.5, 0.6) is 5.75 Å². The summed E-state index contributed by atoms with van der Waals surface area (Å²) in [6.45, 7) is 2.34. The fourth-order valence-electron chi connectivity index (χ4n) is 3.45. The Morgan fingerprint density at radius 1 is 1.27 bits per heavy atom. The molecule has 1 saturated heterocycles. The third-order valence-electron chi connectivity index (χ3n) is 5.04. The lowest BCUT2D eigenvalue weighted by Gasteiger charge is -2.29. The van der Waals surface area contributed by atoms with Crippen LogP contribution in [0.4, 0.5) is 0 Å². The molecule has 30 heavy (non-hydrogen) atoms. The minimum atomic E-state index is -0.740. The number of carboxylic acid groups (broad SMARTS) is 1. The second kappa shape index (κ2) is 10.7. The van der Waals surface area contributed by atoms with Gasteiger partial charge >= 0.3 is 5.97 Å². The van der Waals surface area contributed by atoms with E-state index >= 15 is 0 Å². The first kappa shape index (κ1) is 22.4. The number of halogens is 2. The Kier molecular flexibility index (Phi) is 7.96. The fraction of sp³-hybridized carbons (Fsp3) is 0.364. The first-order valence-corrected chi connectivity index (χ1v) is 10.5. The number of methoxy groups -OCH3 is 1. The van der Waals surface area contributed by atoms with Crippen molar-refractivity contribution in [3.05, 3.63) is 63.6 Å². The molecule has 3 rings (SSSR count). The Morgan fingerprint density at radius 2 is 2.10 bits per heavy atom. The molecule has 2 aromatic carbocycles. The normalized spacial score (nSPS) is 17.6. The smallest absolute Gasteiger partial charge is 0.307 e. The molecule has 0 amide bonds. The van der Waals surface area contributed by atoms with Crippen molar-refractivity contribution in [2.45, 2.75) is 12.8 Å². The lowest BCUT2D eigenvalue weighted by molar-refractivity contribution is -0.143. The molecule has 1 N–H and O–H groups in total. The quantitative estimate of drug-likeness (QED) is 0.362. The molecule has 1 aliphatic rings. The lowest BCUT2D eigenvalue weighted by Crippen LogP contribution is -2.40. The topological polar surface area (TPSA) is 71.4 Å². The number of benzene rings is 2. The molecule has 0 unspecified atom stereocenters. The third kappa shape index (κ3) is 5.88. The van der Waals surface area contributed by atoms with Gasteiger partial charge in [0.1, 0.15) is 18.1 Å². The summed E-state index contributed by atoms with van der Waals surface area (Å²) in [4.78, 5) is 19.0. The molecule has 1 atom stereocenters. The number of carbonyl (C=O) groups is 1. The van der Waals surface area contributed by atoms with Crippen LogP contribution in [0.3, 0.4) is 0 Å². The number of rotatable bonds is 8. The number of hydrogen-bond acceptors (Lipinski definition) is 5. The number of likely N-dealkylation sites (tertiary alicyclic amines) is 1. The van der Waals surface area contributed by atoms with E-state index in [1.807, 2.05) is 24.3 Å². The molecule has 6 nitrogen and oxygen atoms in total. The molecule has 1 fully saturated rings. The average Bonchev–Trinajstić information content (AvgIpc) is 2.75. The fourth-order valence-corrected chi connectivity index (χ4v) is 3.95. The highest BCUT2D eigenvalue weighted by atomic mass is 35.5. The minimum absolute atomic E-state index is 0.317. The molecule has 0 radical (unpaired) electrons. The Hall–Kier alpha value is -2.28. The molecule has 160 valence electrons. The predicted molar refractivity (Wildman–Crippen MR) is 118 cm³/mol. The van der Waals surface area contributed by atoms with E-state index in [1.54, 1.807) is 25.3 Å². The molecule has 0 aliphatic carbocycles. The summed E-state index contributed by atoms with van der Waals surface area (Å²) in [5.74, 6) is -0.364. The van der Waals surface area contributed by atoms with Gasteiger partial charge in [-0.25, -0.2) is 0 Å². The highest BCUT2D eigenvalue weighted by Crippen LogP contribution is 2.25. The second-order valence-corrected chi connectivity index (χ2v) is 7.95. The first-order chi connectivity index (χ1) is 14.5. The number of nitrogens with zero attached hydrogens (tertiary/aromatic N) is 2. The summed E-state index contributed by atoms with van der Waals surface area (Å²) >= 11 is 12.5. The van der Waals surface area contributed by atoms with Gasteiger partial charge < -0.3 is 14.7 Å². The molecule has 1 aliphatic heterocycles. The van der Waals surface area contributed by atoms with Crippen LogP contribution in [-0.2, 0) is 9.63 Å². The molecule has 1 heterocycles. The Morgan fingerprint density at radius 3 is 2.83 bits per heavy atom. The number of hydrogen-bond donors (Lipinski definition) is 1. The van der Waals surface area contributed by atoms with Crippen LogP contribution in [0.25, 0.3) is 0 Å². The number of oxime groups is 1. The molecule has 0 saturated carbocycles. The number of aliphatic carboxylic acids is 1. The van der Waals surface area contributed by atoms with Crippen molar-refractivity contribution in [3.8, 4) is 5.75 Å². The number of piperidine rings is 1. The molecular formula is C22H24Cl2N2O4. The van der Waals surface area contributed by atoms with Crippen molar-refractivity contribution in [2.75, 3.05) is 33.4 Å². The maximum absolute atomic E-state index is 11.2. The van der Waals surface area contributed by atoms with Crippen molar-refractivity contribution in [2.24, 2.45) is 11.1 Å². The monoisotopic (exact) mass is 450 g/mol. The summed E-state index contributed by atoms with van der Waals surface area (Å²) in [7, 11) is 1.60. The van der Waals surface area contributed by atoms with Crippen LogP contribution < -0.4 is 4.74 Å². The predicted octanol–water partition coefficient (Wildman–Crippen LogP) is 4.57. The summed E-state index contributed by atoms with van der Waals surface area (Å²) in [5, 5.41) is 14.6. The van der Waals surface area contributed by atoms with Crippen molar-refractivity contribution in [1.82, 2.24) is 4.90 Å². The molecule has 0 bridgehead atoms. The Balaban J connectivity index is 1.75. The van der Waals surface area contributed by atoms with E-state index in [9.17, 15) is 9.90 Å². The summed E-state index contributed by atoms with van der Waals surface area (Å²) < 4.78 is 5.32. The standard InChI is InChI=1S/C22H24Cl2N2O4/c1-29-18-6-2-4-15(12-18)21(19-8-7-17(23)13-20(19)24)25-30-11-10-26-9-3-5-16(14-26)22(27)28/h2,4,6-8,12-13,16H,3,5,9-11,14H2,1H3,(H,27,28)/t16-/m1/s1. The van der Waals surface area contributed by atoms with Crippen molar-refractivity contribution >= 4 is 34.9 Å². The van der Waals surface area contributed by atoms with E-state index < -0.39 is 5.97 Å². The zero-order valence-corrected chi connectivity index (χ0v) is 18.2. The summed E-state index contributed by atoms with van der Waals surface area (Å²) in [6.07, 6.45) is 1.59. The van der Waals surface area contributed by atoms with Crippen LogP contribution in [-0.4, -0.2) is 55.0 Å². The minimum Gasteiger partial charge on any atom is -0.497 e. The van der Waals surface area contributed by atoms with Gasteiger partial charge in [0.05, 0.1) is 18.1 Å². The average molecular weight is 451 g/mol. The van der Waals surface area contributed by atoms with Crippen LogP contribution in [0.1, 0.15) is 24.0 Å². The second-order valence-electron chi connectivity index (χ2n) is 7.11. The van der Waals surface area contributed by atoms with Gasteiger partial charge in [0.15, 0.2) is 0 Å². The molecule has 8 heteroatoms. The highest BCUT2D eigenvalue weighted by molar-refractivity contribution is 6.37. The van der Waals surface area contributed by atoms with Gasteiger partial charge in [-0.1, -0.05) is 40.5 Å². The number of carboxylic acids is 1. The van der Waals surface area contributed by atoms with E-state index in [0.717, 1.165) is 24.9 Å². The number of ether oxygens (including phenoxy) is 1. The van der Waals surface area contributed by atoms with E-state index in [4.69, 9.17) is 32.8 Å². The van der Waals surface area contributed by atoms with Gasteiger partial charge in [-0.15, -0.1) is 0 Å². The first-order valence-electron chi connectivity index (χ1n) is 9.73. The van der Waals surface area contributed by atoms with E-state index in [-0.39, 0.29) is 5.92 Å². The van der Waals surface area contributed by atoms with Crippen LogP contribution in [0.15, 0.2) is 47.6 Å². The molecule has 0 spiro atoms. The largest absolute Gasteiger partial charge is 0.497 e. The van der Waals surface area contributed by atoms with Crippen molar-refractivity contribution in [3.63, 3.8) is 0 Å². The van der Waals surface area contributed by atoms with Gasteiger partial charge in [0, 0.05) is 29.2 Å². The van der Waals surface area contributed by atoms with E-state index in [0.29, 0.717) is 46.8 Å². The summed E-state index contributed by atoms with van der Waals surface area (Å²) in [6, 6.07) is 12.7. The highest BCUT2D eigenvalue weighted by Gasteiger charge is 2.25. The lowest BCUT2D eigenvalue weighted by atomic mass is 9.98. The van der Waals surface area contributed by atoms with Gasteiger partial charge in [0.25, 0.3) is 0 Å². The Labute approximate surface area is 186 Å². The van der Waals surface area contributed by atoms with Crippen LogP contribution >= 0.6 is 23.2 Å². The molecule has 2 aromatic rings. The van der Waals surface area contributed by atoms with Gasteiger partial charge in [-0.2, -0.15) is 0 Å². The van der Waals surface area contributed by atoms with Crippen molar-refractivity contribution < 1.29 is 19.5 Å². The van der Waals surface area contributed by atoms with Gasteiger partial charge in [-0.05, 0) is 49.7 Å². The Bertz CT molecular complexity index is 920. The zero-order valence-electron chi connectivity index (χ0n) is 16.7. The SMILES string of the molecule is COc1cccc(C(=NOCCN2CCC[C@@H](C(=O)O)C2)c2ccc(Cl)cc2Cl)c1. The van der Waals surface area contributed by atoms with Gasteiger partial charge in [0.2, 0.25) is 0 Å². The van der Waals surface area contributed by atoms with Gasteiger partial charge in [-0.3, -0.25) is 9.69 Å². The maximum Gasteiger partial charge on any atom is 0.307 e. The zero-order chi connectivity index (χ0) is 21.5. The summed E-state index contributed by atoms with van der Waals surface area (Å²) in [5.41, 5.74) is 2.05.